The summed E-state index contributed by atoms with van der Waals surface area (Å²) < 4.78 is 16.6. The molecule has 1 saturated heterocycles. The van der Waals surface area contributed by atoms with E-state index in [4.69, 9.17) is 19.9 Å². The standard InChI is InChI=1S/C24H34N4O3/c1-4-30-20-12-13-23(31-5-2)21(16-20)27-24(25)26-17-22(28-14-6-7-15-28)18-8-10-19(29-3)11-9-18/h8-13,16,22H,4-7,14-15,17H2,1-3H3,(H3,25,26,27). The fourth-order valence-corrected chi connectivity index (χ4v) is 3.82. The third kappa shape index (κ3) is 6.28. The number of rotatable bonds is 10. The van der Waals surface area contributed by atoms with Crippen LogP contribution in [0.4, 0.5) is 5.69 Å². The maximum Gasteiger partial charge on any atom is 0.193 e. The van der Waals surface area contributed by atoms with E-state index in [1.54, 1.807) is 7.11 Å². The van der Waals surface area contributed by atoms with E-state index in [1.807, 2.05) is 44.2 Å². The lowest BCUT2D eigenvalue weighted by atomic mass is 10.1. The van der Waals surface area contributed by atoms with Crippen LogP contribution in [0.1, 0.15) is 38.3 Å². The monoisotopic (exact) mass is 426 g/mol. The zero-order chi connectivity index (χ0) is 22.1. The van der Waals surface area contributed by atoms with Crippen LogP contribution in [-0.4, -0.2) is 50.8 Å². The van der Waals surface area contributed by atoms with E-state index in [0.717, 1.165) is 36.0 Å². The third-order valence-electron chi connectivity index (χ3n) is 5.34. The minimum absolute atomic E-state index is 0.176. The summed E-state index contributed by atoms with van der Waals surface area (Å²) in [5.41, 5.74) is 8.23. The molecule has 0 radical (unpaired) electrons. The minimum Gasteiger partial charge on any atom is -0.497 e. The number of methoxy groups -OCH3 is 1. The molecule has 1 aliphatic rings. The summed E-state index contributed by atoms with van der Waals surface area (Å²) in [6, 6.07) is 14.1. The summed E-state index contributed by atoms with van der Waals surface area (Å²) in [5.74, 6) is 2.68. The van der Waals surface area contributed by atoms with Gasteiger partial charge < -0.3 is 25.3 Å². The van der Waals surface area contributed by atoms with Crippen LogP contribution >= 0.6 is 0 Å². The molecule has 7 nitrogen and oxygen atoms in total. The van der Waals surface area contributed by atoms with Gasteiger partial charge in [-0.05, 0) is 69.6 Å². The third-order valence-corrected chi connectivity index (χ3v) is 5.34. The Labute approximate surface area is 185 Å². The number of hydrogen-bond donors (Lipinski definition) is 2. The van der Waals surface area contributed by atoms with Crippen LogP contribution in [0, 0.1) is 0 Å². The lowest BCUT2D eigenvalue weighted by Crippen LogP contribution is -2.30. The number of ether oxygens (including phenoxy) is 3. The number of aliphatic imine (C=N–C) groups is 1. The first-order chi connectivity index (χ1) is 15.1. The molecule has 3 N–H and O–H groups in total. The quantitative estimate of drug-likeness (QED) is 0.441. The fraction of sp³-hybridized carbons (Fsp3) is 0.458. The second kappa shape index (κ2) is 11.5. The van der Waals surface area contributed by atoms with Crippen molar-refractivity contribution < 1.29 is 14.2 Å². The van der Waals surface area contributed by atoms with Gasteiger partial charge in [-0.1, -0.05) is 12.1 Å². The molecule has 0 aromatic heterocycles. The van der Waals surface area contributed by atoms with E-state index in [-0.39, 0.29) is 6.04 Å². The van der Waals surface area contributed by atoms with E-state index in [2.05, 4.69) is 27.3 Å². The number of benzene rings is 2. The molecule has 1 heterocycles. The van der Waals surface area contributed by atoms with E-state index in [0.29, 0.717) is 25.7 Å². The van der Waals surface area contributed by atoms with Crippen LogP contribution in [0.25, 0.3) is 0 Å². The minimum atomic E-state index is 0.176. The zero-order valence-corrected chi connectivity index (χ0v) is 18.8. The molecular weight excluding hydrogens is 392 g/mol. The van der Waals surface area contributed by atoms with Crippen molar-refractivity contribution in [2.24, 2.45) is 10.7 Å². The van der Waals surface area contributed by atoms with E-state index in [9.17, 15) is 0 Å². The van der Waals surface area contributed by atoms with Gasteiger partial charge in [0.15, 0.2) is 5.96 Å². The first-order valence-corrected chi connectivity index (χ1v) is 11.0. The van der Waals surface area contributed by atoms with Gasteiger partial charge in [-0.2, -0.15) is 0 Å². The fourth-order valence-electron chi connectivity index (χ4n) is 3.82. The predicted molar refractivity (Wildman–Crippen MR) is 125 cm³/mol. The van der Waals surface area contributed by atoms with Crippen LogP contribution in [0.5, 0.6) is 17.2 Å². The van der Waals surface area contributed by atoms with Crippen molar-refractivity contribution in [1.29, 1.82) is 0 Å². The molecule has 31 heavy (non-hydrogen) atoms. The Morgan fingerprint density at radius 3 is 2.35 bits per heavy atom. The average Bonchev–Trinajstić information content (AvgIpc) is 3.31. The molecule has 0 bridgehead atoms. The molecule has 1 fully saturated rings. The summed E-state index contributed by atoms with van der Waals surface area (Å²) in [6.07, 6.45) is 2.43. The maximum absolute atomic E-state index is 6.27. The lowest BCUT2D eigenvalue weighted by molar-refractivity contribution is 0.251. The van der Waals surface area contributed by atoms with Crippen molar-refractivity contribution in [3.05, 3.63) is 48.0 Å². The highest BCUT2D eigenvalue weighted by molar-refractivity contribution is 5.94. The van der Waals surface area contributed by atoms with Crippen molar-refractivity contribution >= 4 is 11.6 Å². The topological polar surface area (TPSA) is 81.3 Å². The van der Waals surface area contributed by atoms with Crippen LogP contribution in [0.2, 0.25) is 0 Å². The Morgan fingerprint density at radius 1 is 1.03 bits per heavy atom. The second-order valence-corrected chi connectivity index (χ2v) is 7.41. The van der Waals surface area contributed by atoms with Crippen molar-refractivity contribution in [3.8, 4) is 17.2 Å². The molecule has 0 spiro atoms. The number of anilines is 1. The van der Waals surface area contributed by atoms with Gasteiger partial charge in [-0.15, -0.1) is 0 Å². The average molecular weight is 427 g/mol. The number of likely N-dealkylation sites (tertiary alicyclic amines) is 1. The van der Waals surface area contributed by atoms with E-state index >= 15 is 0 Å². The molecule has 1 unspecified atom stereocenters. The van der Waals surface area contributed by atoms with Gasteiger partial charge in [0, 0.05) is 6.07 Å². The van der Waals surface area contributed by atoms with Gasteiger partial charge in [-0.25, -0.2) is 0 Å². The number of nitrogens with two attached hydrogens (primary N) is 1. The molecule has 1 atom stereocenters. The number of hydrogen-bond acceptors (Lipinski definition) is 5. The second-order valence-electron chi connectivity index (χ2n) is 7.41. The first kappa shape index (κ1) is 22.7. The molecule has 3 rings (SSSR count). The summed E-state index contributed by atoms with van der Waals surface area (Å²) >= 11 is 0. The molecule has 0 aliphatic carbocycles. The number of guanidine groups is 1. The molecule has 0 amide bonds. The van der Waals surface area contributed by atoms with Crippen LogP contribution in [0.15, 0.2) is 47.5 Å². The molecular formula is C24H34N4O3. The zero-order valence-electron chi connectivity index (χ0n) is 18.8. The van der Waals surface area contributed by atoms with Gasteiger partial charge in [0.1, 0.15) is 17.2 Å². The Hall–Kier alpha value is -2.93. The summed E-state index contributed by atoms with van der Waals surface area (Å²) in [4.78, 5) is 7.15. The van der Waals surface area contributed by atoms with E-state index in [1.165, 1.54) is 18.4 Å². The smallest absolute Gasteiger partial charge is 0.193 e. The molecule has 0 saturated carbocycles. The molecule has 1 aliphatic heterocycles. The van der Waals surface area contributed by atoms with Crippen LogP contribution in [0.3, 0.4) is 0 Å². The van der Waals surface area contributed by atoms with Gasteiger partial charge >= 0.3 is 0 Å². The lowest BCUT2D eigenvalue weighted by Gasteiger charge is -2.27. The SMILES string of the molecule is CCOc1ccc(OCC)c(NC(N)=NCC(c2ccc(OC)cc2)N2CCCC2)c1. The van der Waals surface area contributed by atoms with Gasteiger partial charge in [0.25, 0.3) is 0 Å². The van der Waals surface area contributed by atoms with Crippen molar-refractivity contribution in [2.75, 3.05) is 45.3 Å². The van der Waals surface area contributed by atoms with Crippen LogP contribution in [-0.2, 0) is 0 Å². The summed E-state index contributed by atoms with van der Waals surface area (Å²) in [7, 11) is 1.68. The number of nitrogens with one attached hydrogen (secondary N) is 1. The van der Waals surface area contributed by atoms with Gasteiger partial charge in [0.2, 0.25) is 0 Å². The molecule has 168 valence electrons. The summed E-state index contributed by atoms with van der Waals surface area (Å²) in [6.45, 7) is 7.78. The number of nitrogens with zero attached hydrogens (tertiary/aromatic N) is 2. The predicted octanol–water partition coefficient (Wildman–Crippen LogP) is 4.06. The van der Waals surface area contributed by atoms with Crippen molar-refractivity contribution in [1.82, 2.24) is 4.90 Å². The molecule has 2 aromatic rings. The summed E-state index contributed by atoms with van der Waals surface area (Å²) in [5, 5.41) is 3.19. The van der Waals surface area contributed by atoms with Crippen molar-refractivity contribution in [2.45, 2.75) is 32.7 Å². The normalized spacial score (nSPS) is 15.5. The molecule has 2 aromatic carbocycles. The Morgan fingerprint density at radius 2 is 1.71 bits per heavy atom. The first-order valence-electron chi connectivity index (χ1n) is 11.0. The van der Waals surface area contributed by atoms with Gasteiger partial charge in [0.05, 0.1) is 38.6 Å². The Balaban J connectivity index is 1.76. The van der Waals surface area contributed by atoms with Crippen molar-refractivity contribution in [3.63, 3.8) is 0 Å². The Bertz CT molecular complexity index is 848. The largest absolute Gasteiger partial charge is 0.497 e. The highest BCUT2D eigenvalue weighted by Crippen LogP contribution is 2.30. The van der Waals surface area contributed by atoms with Crippen LogP contribution < -0.4 is 25.3 Å². The highest BCUT2D eigenvalue weighted by Gasteiger charge is 2.23. The van der Waals surface area contributed by atoms with E-state index < -0.39 is 0 Å². The maximum atomic E-state index is 6.27. The highest BCUT2D eigenvalue weighted by atomic mass is 16.5. The Kier molecular flexibility index (Phi) is 8.41. The van der Waals surface area contributed by atoms with Gasteiger partial charge in [-0.3, -0.25) is 9.89 Å². The molecule has 7 heteroatoms.